The second kappa shape index (κ2) is 6.67. The molecule has 1 saturated heterocycles. The Hall–Kier alpha value is -2.08. The quantitative estimate of drug-likeness (QED) is 0.809. The number of nitrogens with zero attached hydrogens (tertiary/aromatic N) is 1. The number of carbonyl (C=O) groups excluding carboxylic acids is 3. The molecule has 2 N–H and O–H groups in total. The first-order chi connectivity index (χ1) is 11.8. The van der Waals surface area contributed by atoms with E-state index in [1.165, 1.54) is 0 Å². The SMILES string of the molecule is CC1CCC2(CC1)NC(=O)N([C@H](C)C(=O)Nc1cccc(Cl)c1)C2=O. The lowest BCUT2D eigenvalue weighted by Crippen LogP contribution is -2.51. The van der Waals surface area contributed by atoms with E-state index in [0.717, 1.165) is 17.7 Å². The van der Waals surface area contributed by atoms with Crippen molar-refractivity contribution in [2.75, 3.05) is 5.32 Å². The molecule has 0 aromatic heterocycles. The molecule has 0 bridgehead atoms. The van der Waals surface area contributed by atoms with Gasteiger partial charge in [0.05, 0.1) is 0 Å². The van der Waals surface area contributed by atoms with Gasteiger partial charge in [0, 0.05) is 10.7 Å². The molecule has 3 rings (SSSR count). The van der Waals surface area contributed by atoms with Crippen LogP contribution in [0.5, 0.6) is 0 Å². The number of benzene rings is 1. The monoisotopic (exact) mass is 363 g/mol. The van der Waals surface area contributed by atoms with Gasteiger partial charge in [0.25, 0.3) is 5.91 Å². The van der Waals surface area contributed by atoms with Gasteiger partial charge in [-0.25, -0.2) is 9.69 Å². The molecule has 2 fully saturated rings. The topological polar surface area (TPSA) is 78.5 Å². The summed E-state index contributed by atoms with van der Waals surface area (Å²) < 4.78 is 0. The first kappa shape index (κ1) is 17.7. The Morgan fingerprint density at radius 2 is 2.04 bits per heavy atom. The molecule has 1 aliphatic carbocycles. The van der Waals surface area contributed by atoms with Gasteiger partial charge in [0.15, 0.2) is 0 Å². The van der Waals surface area contributed by atoms with Crippen molar-refractivity contribution in [2.24, 2.45) is 5.92 Å². The van der Waals surface area contributed by atoms with Crippen LogP contribution in [0.15, 0.2) is 24.3 Å². The minimum absolute atomic E-state index is 0.293. The molecule has 134 valence electrons. The smallest absolute Gasteiger partial charge is 0.324 e. The summed E-state index contributed by atoms with van der Waals surface area (Å²) in [6, 6.07) is 5.34. The third-order valence-corrected chi connectivity index (χ3v) is 5.42. The maximum absolute atomic E-state index is 12.9. The summed E-state index contributed by atoms with van der Waals surface area (Å²) in [5.74, 6) is -0.168. The van der Waals surface area contributed by atoms with E-state index in [9.17, 15) is 14.4 Å². The van der Waals surface area contributed by atoms with Crippen LogP contribution in [0.1, 0.15) is 39.5 Å². The zero-order valence-electron chi connectivity index (χ0n) is 14.3. The van der Waals surface area contributed by atoms with E-state index in [1.54, 1.807) is 31.2 Å². The summed E-state index contributed by atoms with van der Waals surface area (Å²) in [4.78, 5) is 38.8. The fraction of sp³-hybridized carbons (Fsp3) is 0.500. The van der Waals surface area contributed by atoms with Crippen LogP contribution in [-0.2, 0) is 9.59 Å². The molecule has 0 radical (unpaired) electrons. The standard InChI is InChI=1S/C18H22ClN3O3/c1-11-6-8-18(9-7-11)16(24)22(17(25)21-18)12(2)15(23)20-14-5-3-4-13(19)10-14/h3-5,10-12H,6-9H2,1-2H3,(H,20,23)(H,21,25)/t11?,12-,18?/m1/s1. The van der Waals surface area contributed by atoms with Crippen molar-refractivity contribution in [3.63, 3.8) is 0 Å². The van der Waals surface area contributed by atoms with Crippen LogP contribution in [0.2, 0.25) is 5.02 Å². The molecule has 4 amide bonds. The van der Waals surface area contributed by atoms with Crippen molar-refractivity contribution < 1.29 is 14.4 Å². The normalized spacial score (nSPS) is 27.3. The zero-order valence-corrected chi connectivity index (χ0v) is 15.1. The molecular formula is C18H22ClN3O3. The number of imide groups is 1. The summed E-state index contributed by atoms with van der Waals surface area (Å²) in [6.07, 6.45) is 3.03. The number of urea groups is 1. The Labute approximate surface area is 151 Å². The fourth-order valence-electron chi connectivity index (χ4n) is 3.52. The predicted molar refractivity (Wildman–Crippen MR) is 95.3 cm³/mol. The van der Waals surface area contributed by atoms with Crippen LogP contribution in [0.4, 0.5) is 10.5 Å². The lowest BCUT2D eigenvalue weighted by molar-refractivity contribution is -0.137. The van der Waals surface area contributed by atoms with Gasteiger partial charge in [-0.3, -0.25) is 9.59 Å². The molecule has 1 aromatic carbocycles. The number of rotatable bonds is 3. The number of hydrogen-bond acceptors (Lipinski definition) is 3. The van der Waals surface area contributed by atoms with E-state index in [4.69, 9.17) is 11.6 Å². The van der Waals surface area contributed by atoms with Crippen LogP contribution in [0, 0.1) is 5.92 Å². The highest BCUT2D eigenvalue weighted by Gasteiger charge is 2.54. The van der Waals surface area contributed by atoms with E-state index in [1.807, 2.05) is 0 Å². The van der Waals surface area contributed by atoms with Gasteiger partial charge in [-0.05, 0) is 56.7 Å². The second-order valence-corrected chi connectivity index (χ2v) is 7.48. The highest BCUT2D eigenvalue weighted by Crippen LogP contribution is 2.37. The number of nitrogens with one attached hydrogen (secondary N) is 2. The molecule has 1 spiro atoms. The number of halogens is 1. The van der Waals surface area contributed by atoms with Crippen molar-refractivity contribution >= 4 is 35.1 Å². The van der Waals surface area contributed by atoms with Crippen LogP contribution < -0.4 is 10.6 Å². The molecule has 25 heavy (non-hydrogen) atoms. The van der Waals surface area contributed by atoms with Gasteiger partial charge in [-0.2, -0.15) is 0 Å². The highest BCUT2D eigenvalue weighted by atomic mass is 35.5. The van der Waals surface area contributed by atoms with Gasteiger partial charge >= 0.3 is 6.03 Å². The molecule has 7 heteroatoms. The van der Waals surface area contributed by atoms with Crippen LogP contribution in [0.3, 0.4) is 0 Å². The number of anilines is 1. The molecule has 0 unspecified atom stereocenters. The third-order valence-electron chi connectivity index (χ3n) is 5.18. The first-order valence-corrected chi connectivity index (χ1v) is 8.92. The fourth-order valence-corrected chi connectivity index (χ4v) is 3.71. The van der Waals surface area contributed by atoms with Crippen LogP contribution in [0.25, 0.3) is 0 Å². The molecule has 1 atom stereocenters. The minimum atomic E-state index is -0.898. The van der Waals surface area contributed by atoms with Gasteiger partial charge in [-0.1, -0.05) is 24.6 Å². The van der Waals surface area contributed by atoms with E-state index in [0.29, 0.717) is 29.5 Å². The van der Waals surface area contributed by atoms with Crippen LogP contribution >= 0.6 is 11.6 Å². The lowest BCUT2D eigenvalue weighted by Gasteiger charge is -2.34. The first-order valence-electron chi connectivity index (χ1n) is 8.55. The molecular weight excluding hydrogens is 342 g/mol. The number of carbonyl (C=O) groups is 3. The summed E-state index contributed by atoms with van der Waals surface area (Å²) >= 11 is 5.91. The Morgan fingerprint density at radius 3 is 2.68 bits per heavy atom. The van der Waals surface area contributed by atoms with Crippen molar-refractivity contribution in [3.8, 4) is 0 Å². The average molecular weight is 364 g/mol. The lowest BCUT2D eigenvalue weighted by atomic mass is 9.77. The maximum Gasteiger partial charge on any atom is 0.325 e. The van der Waals surface area contributed by atoms with Crippen molar-refractivity contribution in [2.45, 2.75) is 51.1 Å². The molecule has 1 aliphatic heterocycles. The number of hydrogen-bond donors (Lipinski definition) is 2. The summed E-state index contributed by atoms with van der Waals surface area (Å²) in [5.41, 5.74) is -0.314. The van der Waals surface area contributed by atoms with Crippen molar-refractivity contribution in [1.29, 1.82) is 0 Å². The molecule has 1 aromatic rings. The van der Waals surface area contributed by atoms with Crippen molar-refractivity contribution in [1.82, 2.24) is 10.2 Å². The number of amides is 4. The van der Waals surface area contributed by atoms with E-state index < -0.39 is 23.5 Å². The Morgan fingerprint density at radius 1 is 1.36 bits per heavy atom. The van der Waals surface area contributed by atoms with E-state index in [-0.39, 0.29) is 5.91 Å². The maximum atomic E-state index is 12.9. The highest BCUT2D eigenvalue weighted by molar-refractivity contribution is 6.30. The second-order valence-electron chi connectivity index (χ2n) is 7.05. The van der Waals surface area contributed by atoms with Gasteiger partial charge in [-0.15, -0.1) is 0 Å². The van der Waals surface area contributed by atoms with E-state index in [2.05, 4.69) is 17.6 Å². The molecule has 1 saturated carbocycles. The van der Waals surface area contributed by atoms with Gasteiger partial charge < -0.3 is 10.6 Å². The largest absolute Gasteiger partial charge is 0.325 e. The molecule has 1 heterocycles. The van der Waals surface area contributed by atoms with E-state index >= 15 is 0 Å². The Bertz CT molecular complexity index is 713. The Kier molecular flexibility index (Phi) is 4.73. The molecule has 2 aliphatic rings. The average Bonchev–Trinajstić information content (AvgIpc) is 2.80. The van der Waals surface area contributed by atoms with Gasteiger partial charge in [0.1, 0.15) is 11.6 Å². The predicted octanol–water partition coefficient (Wildman–Crippen LogP) is 3.17. The van der Waals surface area contributed by atoms with Crippen molar-refractivity contribution in [3.05, 3.63) is 29.3 Å². The third kappa shape index (κ3) is 3.35. The molecule has 6 nitrogen and oxygen atoms in total. The summed E-state index contributed by atoms with van der Waals surface area (Å²) in [5, 5.41) is 6.03. The zero-order chi connectivity index (χ0) is 18.2. The van der Waals surface area contributed by atoms with Gasteiger partial charge in [0.2, 0.25) is 5.91 Å². The Balaban J connectivity index is 1.73. The summed E-state index contributed by atoms with van der Waals surface area (Å²) in [6.45, 7) is 3.70. The van der Waals surface area contributed by atoms with Crippen LogP contribution in [-0.4, -0.2) is 34.3 Å². The minimum Gasteiger partial charge on any atom is -0.324 e. The summed E-state index contributed by atoms with van der Waals surface area (Å²) in [7, 11) is 0.